The molecule has 2 N–H and O–H groups in total. The molecule has 0 aromatic rings. The van der Waals surface area contributed by atoms with Gasteiger partial charge in [-0.15, -0.1) is 0 Å². The summed E-state index contributed by atoms with van der Waals surface area (Å²) in [6.07, 6.45) is 0.0538. The molecule has 0 amide bonds. The van der Waals surface area contributed by atoms with E-state index in [0.717, 1.165) is 4.89 Å². The molecule has 1 unspecified atom stereocenters. The number of hydrogen-bond donors (Lipinski definition) is 2. The summed E-state index contributed by atoms with van der Waals surface area (Å²) < 4.78 is 43.4. The van der Waals surface area contributed by atoms with Crippen LogP contribution >= 0.6 is 0 Å². The molecule has 0 spiro atoms. The van der Waals surface area contributed by atoms with Crippen LogP contribution in [0.15, 0.2) is 0 Å². The predicted molar refractivity (Wildman–Crippen MR) is 40.9 cm³/mol. The van der Waals surface area contributed by atoms with Crippen molar-refractivity contribution in [1.82, 2.24) is 4.89 Å². The minimum Gasteiger partial charge on any atom is -0.302 e. The van der Waals surface area contributed by atoms with Gasteiger partial charge in [0.15, 0.2) is 9.84 Å². The molecule has 1 aliphatic heterocycles. The van der Waals surface area contributed by atoms with Crippen molar-refractivity contribution in [3.63, 3.8) is 0 Å². The first kappa shape index (κ1) is 9.90. The monoisotopic (exact) mass is 215 g/mol. The van der Waals surface area contributed by atoms with Crippen molar-refractivity contribution in [2.75, 3.05) is 11.5 Å². The molecule has 1 heterocycles. The van der Waals surface area contributed by atoms with Gasteiger partial charge in [-0.2, -0.15) is 0 Å². The molecule has 0 aromatic carbocycles. The molecule has 8 heteroatoms. The van der Waals surface area contributed by atoms with Gasteiger partial charge in [-0.3, -0.25) is 0 Å². The van der Waals surface area contributed by atoms with Crippen molar-refractivity contribution in [3.05, 3.63) is 0 Å². The summed E-state index contributed by atoms with van der Waals surface area (Å²) in [4.78, 5) is 1.13. The van der Waals surface area contributed by atoms with Crippen molar-refractivity contribution in [3.8, 4) is 0 Å². The molecule has 6 nitrogen and oxygen atoms in total. The lowest BCUT2D eigenvalue weighted by molar-refractivity contribution is 0.241. The first-order chi connectivity index (χ1) is 5.37. The zero-order chi connectivity index (χ0) is 9.41. The van der Waals surface area contributed by atoms with Gasteiger partial charge < -0.3 is 5.21 Å². The molecule has 1 atom stereocenters. The SMILES string of the molecule is O=S1(=O)CCC(S(=O)(=O)NO)C1. The van der Waals surface area contributed by atoms with Crippen molar-refractivity contribution in [2.24, 2.45) is 0 Å². The normalized spacial score (nSPS) is 28.9. The number of rotatable bonds is 2. The van der Waals surface area contributed by atoms with Crippen LogP contribution in [0, 0.1) is 0 Å². The van der Waals surface area contributed by atoms with Crippen molar-refractivity contribution in [2.45, 2.75) is 11.7 Å². The first-order valence-electron chi connectivity index (χ1n) is 3.22. The summed E-state index contributed by atoms with van der Waals surface area (Å²) in [5.74, 6) is -0.526. The largest absolute Gasteiger partial charge is 0.302 e. The Balaban J connectivity index is 2.85. The van der Waals surface area contributed by atoms with E-state index in [1.54, 1.807) is 0 Å². The molecule has 1 aliphatic rings. The Labute approximate surface area is 70.5 Å². The maximum Gasteiger partial charge on any atom is 0.237 e. The second kappa shape index (κ2) is 2.95. The molecule has 1 fully saturated rings. The Morgan fingerprint density at radius 1 is 1.42 bits per heavy atom. The van der Waals surface area contributed by atoms with Crippen molar-refractivity contribution >= 4 is 19.9 Å². The van der Waals surface area contributed by atoms with Crippen LogP contribution < -0.4 is 4.89 Å². The highest BCUT2D eigenvalue weighted by molar-refractivity contribution is 7.95. The van der Waals surface area contributed by atoms with Crippen LogP contribution in [0.1, 0.15) is 6.42 Å². The molecular formula is C4H9NO5S2. The smallest absolute Gasteiger partial charge is 0.237 e. The van der Waals surface area contributed by atoms with Gasteiger partial charge in [0.2, 0.25) is 10.0 Å². The molecule has 0 aliphatic carbocycles. The lowest BCUT2D eigenvalue weighted by atomic mass is 10.4. The van der Waals surface area contributed by atoms with E-state index < -0.39 is 30.9 Å². The number of nitrogens with one attached hydrogen (secondary N) is 1. The highest BCUT2D eigenvalue weighted by atomic mass is 32.2. The Morgan fingerprint density at radius 2 is 2.00 bits per heavy atom. The number of sulfonamides is 1. The van der Waals surface area contributed by atoms with Gasteiger partial charge in [0.05, 0.1) is 16.8 Å². The molecule has 0 aromatic heterocycles. The highest BCUT2D eigenvalue weighted by Crippen LogP contribution is 2.17. The third-order valence-corrected chi connectivity index (χ3v) is 5.27. The topological polar surface area (TPSA) is 101 Å². The summed E-state index contributed by atoms with van der Waals surface area (Å²) >= 11 is 0. The van der Waals surface area contributed by atoms with Gasteiger partial charge in [0.1, 0.15) is 0 Å². The van der Waals surface area contributed by atoms with Crippen LogP contribution in [0.3, 0.4) is 0 Å². The Bertz CT molecular complexity index is 355. The standard InChI is InChI=1S/C4H9NO5S2/c6-5-12(9,10)4-1-2-11(7,8)3-4/h4-6H,1-3H2. The highest BCUT2D eigenvalue weighted by Gasteiger charge is 2.36. The van der Waals surface area contributed by atoms with Gasteiger partial charge in [0, 0.05) is 0 Å². The third kappa shape index (κ3) is 1.94. The molecule has 1 rings (SSSR count). The van der Waals surface area contributed by atoms with Crippen molar-refractivity contribution in [1.29, 1.82) is 0 Å². The molecule has 72 valence electrons. The maximum atomic E-state index is 10.9. The Hall–Kier alpha value is -0.180. The molecule has 1 saturated heterocycles. The van der Waals surface area contributed by atoms with Gasteiger partial charge in [-0.1, -0.05) is 4.89 Å². The predicted octanol–water partition coefficient (Wildman–Crippen LogP) is -1.52. The summed E-state index contributed by atoms with van der Waals surface area (Å²) in [6, 6.07) is 0. The van der Waals surface area contributed by atoms with Gasteiger partial charge in [0.25, 0.3) is 0 Å². The fourth-order valence-corrected chi connectivity index (χ4v) is 4.69. The zero-order valence-corrected chi connectivity index (χ0v) is 7.73. The fraction of sp³-hybridized carbons (Fsp3) is 1.00. The minimum absolute atomic E-state index is 0.0538. The van der Waals surface area contributed by atoms with E-state index in [2.05, 4.69) is 0 Å². The van der Waals surface area contributed by atoms with Crippen LogP contribution in [0.2, 0.25) is 0 Å². The van der Waals surface area contributed by atoms with E-state index in [4.69, 9.17) is 5.21 Å². The van der Waals surface area contributed by atoms with Crippen LogP contribution in [0.5, 0.6) is 0 Å². The van der Waals surface area contributed by atoms with Gasteiger partial charge in [-0.25, -0.2) is 16.8 Å². The van der Waals surface area contributed by atoms with E-state index in [-0.39, 0.29) is 12.2 Å². The average molecular weight is 215 g/mol. The van der Waals surface area contributed by atoms with Crippen LogP contribution in [0.4, 0.5) is 0 Å². The fourth-order valence-electron chi connectivity index (χ4n) is 1.08. The van der Waals surface area contributed by atoms with Crippen LogP contribution in [-0.2, 0) is 19.9 Å². The summed E-state index contributed by atoms with van der Waals surface area (Å²) in [5, 5.41) is 7.18. The number of sulfone groups is 1. The molecule has 0 radical (unpaired) electrons. The van der Waals surface area contributed by atoms with Gasteiger partial charge >= 0.3 is 0 Å². The zero-order valence-electron chi connectivity index (χ0n) is 6.10. The van der Waals surface area contributed by atoms with E-state index >= 15 is 0 Å². The summed E-state index contributed by atoms with van der Waals surface area (Å²) in [6.45, 7) is 0. The lowest BCUT2D eigenvalue weighted by Crippen LogP contribution is -2.32. The third-order valence-electron chi connectivity index (χ3n) is 1.76. The van der Waals surface area contributed by atoms with E-state index in [9.17, 15) is 16.8 Å². The average Bonchev–Trinajstić information content (AvgIpc) is 2.31. The second-order valence-electron chi connectivity index (χ2n) is 2.66. The summed E-state index contributed by atoms with van der Waals surface area (Å²) in [5.41, 5.74) is 0. The van der Waals surface area contributed by atoms with Gasteiger partial charge in [-0.05, 0) is 6.42 Å². The Morgan fingerprint density at radius 3 is 2.33 bits per heavy atom. The van der Waals surface area contributed by atoms with E-state index in [1.807, 2.05) is 0 Å². The summed E-state index contributed by atoms with van der Waals surface area (Å²) in [7, 11) is -7.06. The Kier molecular flexibility index (Phi) is 2.43. The minimum atomic E-state index is -3.84. The molecule has 0 saturated carbocycles. The quantitative estimate of drug-likeness (QED) is 0.545. The van der Waals surface area contributed by atoms with Crippen LogP contribution in [-0.4, -0.2) is 38.8 Å². The number of hydrogen-bond acceptors (Lipinski definition) is 5. The second-order valence-corrected chi connectivity index (χ2v) is 6.83. The van der Waals surface area contributed by atoms with E-state index in [1.165, 1.54) is 0 Å². The molecular weight excluding hydrogens is 206 g/mol. The lowest BCUT2D eigenvalue weighted by Gasteiger charge is -2.05. The molecule has 0 bridgehead atoms. The first-order valence-corrected chi connectivity index (χ1v) is 6.59. The van der Waals surface area contributed by atoms with E-state index in [0.29, 0.717) is 0 Å². The maximum absolute atomic E-state index is 10.9. The molecule has 12 heavy (non-hydrogen) atoms. The van der Waals surface area contributed by atoms with Crippen molar-refractivity contribution < 1.29 is 22.0 Å². The van der Waals surface area contributed by atoms with Crippen LogP contribution in [0.25, 0.3) is 0 Å².